The van der Waals surface area contributed by atoms with Crippen LogP contribution < -0.4 is 16.3 Å². The van der Waals surface area contributed by atoms with E-state index in [1.54, 1.807) is 12.3 Å². The van der Waals surface area contributed by atoms with Crippen molar-refractivity contribution in [3.63, 3.8) is 0 Å². The molecule has 0 spiro atoms. The summed E-state index contributed by atoms with van der Waals surface area (Å²) < 4.78 is 25.7. The van der Waals surface area contributed by atoms with Gasteiger partial charge in [-0.15, -0.1) is 11.3 Å². The van der Waals surface area contributed by atoms with Gasteiger partial charge in [0.25, 0.3) is 0 Å². The molecule has 2 fully saturated rings. The lowest BCUT2D eigenvalue weighted by Gasteiger charge is -2.21. The molecule has 5 atom stereocenters. The zero-order chi connectivity index (χ0) is 26.6. The number of anilines is 1. The Morgan fingerprint density at radius 2 is 1.92 bits per heavy atom. The number of carbonyl (C=O) groups is 2. The molecule has 2 aliphatic heterocycles. The van der Waals surface area contributed by atoms with Crippen LogP contribution in [0.4, 0.5) is 10.6 Å². The topological polar surface area (TPSA) is 150 Å². The number of carboxylic acid groups (broad SMARTS) is 1. The fourth-order valence-corrected chi connectivity index (χ4v) is 5.17. The van der Waals surface area contributed by atoms with E-state index >= 15 is 0 Å². The third-order valence-corrected chi connectivity index (χ3v) is 6.99. The molecule has 5 rings (SSSR count). The number of carbonyl (C=O) groups excluding carboxylic acids is 1. The summed E-state index contributed by atoms with van der Waals surface area (Å²) in [5.74, 6) is -0.917. The molecule has 0 saturated carbocycles. The maximum absolute atomic E-state index is 12.9. The summed E-state index contributed by atoms with van der Waals surface area (Å²) >= 11 is 1.29. The van der Waals surface area contributed by atoms with E-state index in [0.29, 0.717) is 11.4 Å². The first-order chi connectivity index (χ1) is 18.4. The summed E-state index contributed by atoms with van der Waals surface area (Å²) in [4.78, 5) is 40.6. The average Bonchev–Trinajstić information content (AvgIpc) is 3.62. The number of amides is 2. The quantitative estimate of drug-likeness (QED) is 0.371. The maximum atomic E-state index is 12.9. The van der Waals surface area contributed by atoms with Gasteiger partial charge in [0.15, 0.2) is 12.5 Å². The molecular weight excluding hydrogens is 516 g/mol. The lowest BCUT2D eigenvalue weighted by molar-refractivity contribution is -0.159. The van der Waals surface area contributed by atoms with Gasteiger partial charge in [0, 0.05) is 23.2 Å². The molecule has 1 aromatic carbocycles. The van der Waals surface area contributed by atoms with Crippen molar-refractivity contribution in [1.29, 1.82) is 0 Å². The summed E-state index contributed by atoms with van der Waals surface area (Å²) in [6.07, 6.45) is -1.87. The Labute approximate surface area is 221 Å². The molecule has 12 nitrogen and oxygen atoms in total. The molecule has 2 aliphatic rings. The molecule has 0 radical (unpaired) electrons. The normalized spacial score (nSPS) is 24.2. The molecule has 3 aromatic rings. The van der Waals surface area contributed by atoms with Gasteiger partial charge in [-0.05, 0) is 24.4 Å². The SMILES string of the molecule is CCNC(=O)Nc1ccn([C@@H]2O[C@H](COCc3sccc3C(=O)O)C3O[C@H](c4ccccc4)OC32)c(=O)n1. The average molecular weight is 543 g/mol. The smallest absolute Gasteiger partial charge is 0.351 e. The maximum Gasteiger partial charge on any atom is 0.351 e. The molecule has 2 aromatic heterocycles. The van der Waals surface area contributed by atoms with Gasteiger partial charge in [-0.25, -0.2) is 14.4 Å². The number of urea groups is 1. The van der Waals surface area contributed by atoms with Crippen LogP contribution >= 0.6 is 11.3 Å². The van der Waals surface area contributed by atoms with Crippen LogP contribution in [0.5, 0.6) is 0 Å². The second kappa shape index (κ2) is 11.4. The number of aromatic nitrogens is 2. The summed E-state index contributed by atoms with van der Waals surface area (Å²) in [7, 11) is 0. The third kappa shape index (κ3) is 5.47. The van der Waals surface area contributed by atoms with Crippen LogP contribution in [-0.4, -0.2) is 58.1 Å². The lowest BCUT2D eigenvalue weighted by Crippen LogP contribution is -2.35. The minimum Gasteiger partial charge on any atom is -0.478 e. The van der Waals surface area contributed by atoms with Crippen molar-refractivity contribution in [3.05, 3.63) is 80.5 Å². The summed E-state index contributed by atoms with van der Waals surface area (Å²) in [6.45, 7) is 2.37. The highest BCUT2D eigenvalue weighted by molar-refractivity contribution is 7.10. The lowest BCUT2D eigenvalue weighted by atomic mass is 10.1. The molecule has 3 N–H and O–H groups in total. The molecule has 2 saturated heterocycles. The van der Waals surface area contributed by atoms with Crippen molar-refractivity contribution in [1.82, 2.24) is 14.9 Å². The predicted molar refractivity (Wildman–Crippen MR) is 135 cm³/mol. The number of hydrogen-bond donors (Lipinski definition) is 3. The van der Waals surface area contributed by atoms with E-state index in [0.717, 1.165) is 5.56 Å². The molecular formula is C25H26N4O8S. The number of benzene rings is 1. The third-order valence-electron chi connectivity index (χ3n) is 6.09. The molecule has 4 heterocycles. The Hall–Kier alpha value is -3.62. The van der Waals surface area contributed by atoms with Gasteiger partial charge in [-0.1, -0.05) is 30.3 Å². The number of aromatic carboxylic acids is 1. The Kier molecular flexibility index (Phi) is 7.81. The van der Waals surface area contributed by atoms with Gasteiger partial charge in [0.05, 0.1) is 18.8 Å². The number of nitrogens with one attached hydrogen (secondary N) is 2. The Bertz CT molecular complexity index is 1350. The van der Waals surface area contributed by atoms with E-state index < -0.39 is 48.5 Å². The first-order valence-electron chi connectivity index (χ1n) is 12.0. The second-order valence-electron chi connectivity index (χ2n) is 8.57. The Balaban J connectivity index is 1.34. The van der Waals surface area contributed by atoms with Crippen LogP contribution in [0.2, 0.25) is 0 Å². The van der Waals surface area contributed by atoms with Crippen molar-refractivity contribution >= 4 is 29.2 Å². The highest BCUT2D eigenvalue weighted by Crippen LogP contribution is 2.43. The summed E-state index contributed by atoms with van der Waals surface area (Å²) in [5, 5.41) is 16.1. The largest absolute Gasteiger partial charge is 0.478 e. The summed E-state index contributed by atoms with van der Waals surface area (Å²) in [6, 6.07) is 12.0. The number of rotatable bonds is 9. The number of fused-ring (bicyclic) bond motifs is 1. The Morgan fingerprint density at radius 1 is 1.13 bits per heavy atom. The van der Waals surface area contributed by atoms with Crippen molar-refractivity contribution in [2.45, 2.75) is 44.4 Å². The molecule has 0 aliphatic carbocycles. The van der Waals surface area contributed by atoms with Crippen LogP contribution in [0.25, 0.3) is 0 Å². The van der Waals surface area contributed by atoms with E-state index in [9.17, 15) is 19.5 Å². The van der Waals surface area contributed by atoms with Gasteiger partial charge >= 0.3 is 17.7 Å². The standard InChI is InChI=1S/C25H26N4O8S/c1-2-26-24(32)27-18-8-10-29(25(33)28-18)21-20-19(36-23(37-20)14-6-4-3-5-7-14)16(35-21)12-34-13-17-15(22(30)31)9-11-38-17/h3-11,16,19-21,23H,2,12-13H2,1H3,(H,30,31)(H2,26,27,28,32,33)/t16-,19?,20?,21-,23+/m1/s1. The van der Waals surface area contributed by atoms with Gasteiger partial charge < -0.3 is 29.4 Å². The van der Waals surface area contributed by atoms with Crippen molar-refractivity contribution in [2.75, 3.05) is 18.5 Å². The number of carboxylic acids is 1. The Morgan fingerprint density at radius 3 is 2.66 bits per heavy atom. The molecule has 2 amide bonds. The first-order valence-corrected chi connectivity index (χ1v) is 12.9. The van der Waals surface area contributed by atoms with Crippen molar-refractivity contribution in [3.8, 4) is 0 Å². The van der Waals surface area contributed by atoms with Crippen LogP contribution in [-0.2, 0) is 25.6 Å². The number of thiophene rings is 1. The fraction of sp³-hybridized carbons (Fsp3) is 0.360. The van der Waals surface area contributed by atoms with Gasteiger partial charge in [-0.2, -0.15) is 4.98 Å². The first kappa shape index (κ1) is 26.0. The van der Waals surface area contributed by atoms with E-state index in [1.807, 2.05) is 30.3 Å². The van der Waals surface area contributed by atoms with E-state index in [4.69, 9.17) is 18.9 Å². The van der Waals surface area contributed by atoms with Crippen LogP contribution in [0.15, 0.2) is 58.8 Å². The summed E-state index contributed by atoms with van der Waals surface area (Å²) in [5.41, 5.74) is 0.375. The zero-order valence-electron chi connectivity index (χ0n) is 20.3. The monoisotopic (exact) mass is 542 g/mol. The second-order valence-corrected chi connectivity index (χ2v) is 9.57. The fourth-order valence-electron chi connectivity index (χ4n) is 4.37. The van der Waals surface area contributed by atoms with Gasteiger partial charge in [0.2, 0.25) is 0 Å². The van der Waals surface area contributed by atoms with Crippen LogP contribution in [0.1, 0.15) is 40.2 Å². The number of hydrogen-bond acceptors (Lipinski definition) is 9. The van der Waals surface area contributed by atoms with Crippen molar-refractivity contribution < 1.29 is 33.6 Å². The minimum atomic E-state index is -1.02. The van der Waals surface area contributed by atoms with Gasteiger partial charge in [-0.3, -0.25) is 9.88 Å². The molecule has 0 bridgehead atoms. The molecule has 38 heavy (non-hydrogen) atoms. The molecule has 200 valence electrons. The van der Waals surface area contributed by atoms with E-state index in [2.05, 4.69) is 15.6 Å². The van der Waals surface area contributed by atoms with Crippen molar-refractivity contribution in [2.24, 2.45) is 0 Å². The highest BCUT2D eigenvalue weighted by atomic mass is 32.1. The van der Waals surface area contributed by atoms with Crippen LogP contribution in [0, 0.1) is 0 Å². The number of ether oxygens (including phenoxy) is 4. The van der Waals surface area contributed by atoms with E-state index in [-0.39, 0.29) is 24.6 Å². The molecule has 13 heteroatoms. The molecule has 2 unspecified atom stereocenters. The van der Waals surface area contributed by atoms with Gasteiger partial charge in [0.1, 0.15) is 24.1 Å². The zero-order valence-corrected chi connectivity index (χ0v) is 21.1. The highest BCUT2D eigenvalue weighted by Gasteiger charge is 2.54. The van der Waals surface area contributed by atoms with Crippen LogP contribution in [0.3, 0.4) is 0 Å². The van der Waals surface area contributed by atoms with E-state index in [1.165, 1.54) is 34.2 Å². The predicted octanol–water partition coefficient (Wildman–Crippen LogP) is 2.74. The number of nitrogens with zero attached hydrogens (tertiary/aromatic N) is 2. The minimum absolute atomic E-state index is 0.0818.